The van der Waals surface area contributed by atoms with Crippen molar-refractivity contribution in [2.24, 2.45) is 0 Å². The molecule has 148 valence electrons. The minimum Gasteiger partial charge on any atom is -0.497 e. The molecule has 0 saturated carbocycles. The lowest BCUT2D eigenvalue weighted by Gasteiger charge is -2.14. The minimum atomic E-state index is -0.636. The van der Waals surface area contributed by atoms with Crippen molar-refractivity contribution in [3.05, 3.63) is 64.7 Å². The van der Waals surface area contributed by atoms with Crippen LogP contribution in [0.4, 0.5) is 0 Å². The van der Waals surface area contributed by atoms with Crippen molar-refractivity contribution in [2.45, 2.75) is 13.0 Å². The summed E-state index contributed by atoms with van der Waals surface area (Å²) in [6, 6.07) is 12.1. The van der Waals surface area contributed by atoms with Gasteiger partial charge >= 0.3 is 5.97 Å². The number of benzene rings is 2. The first kappa shape index (κ1) is 21.3. The monoisotopic (exact) mass is 403 g/mol. The molecule has 2 aromatic rings. The summed E-state index contributed by atoms with van der Waals surface area (Å²) in [5.74, 6) is 0.151. The van der Waals surface area contributed by atoms with Crippen LogP contribution in [0.1, 0.15) is 24.1 Å². The molecule has 0 saturated heterocycles. The number of nitrogens with one attached hydrogen (secondary N) is 1. The van der Waals surface area contributed by atoms with E-state index in [9.17, 15) is 9.59 Å². The zero-order valence-electron chi connectivity index (χ0n) is 15.9. The number of carbonyl (C=O) groups excluding carboxylic acids is 2. The number of carbonyl (C=O) groups is 2. The van der Waals surface area contributed by atoms with Gasteiger partial charge in [-0.15, -0.1) is 0 Å². The number of hydrogen-bond donors (Lipinski definition) is 1. The van der Waals surface area contributed by atoms with Crippen LogP contribution in [0.2, 0.25) is 5.02 Å². The molecule has 0 heterocycles. The van der Waals surface area contributed by atoms with Crippen molar-refractivity contribution in [3.63, 3.8) is 0 Å². The van der Waals surface area contributed by atoms with Crippen LogP contribution >= 0.6 is 11.6 Å². The van der Waals surface area contributed by atoms with Crippen molar-refractivity contribution >= 4 is 29.6 Å². The van der Waals surface area contributed by atoms with Crippen LogP contribution in [0.5, 0.6) is 11.5 Å². The maximum absolute atomic E-state index is 12.0. The fourth-order valence-corrected chi connectivity index (χ4v) is 2.64. The van der Waals surface area contributed by atoms with E-state index < -0.39 is 11.9 Å². The fraction of sp³-hybridized carbons (Fsp3) is 0.238. The van der Waals surface area contributed by atoms with Gasteiger partial charge < -0.3 is 19.5 Å². The number of rotatable bonds is 8. The topological polar surface area (TPSA) is 73.9 Å². The SMILES string of the molecule is COc1ccc(/C=C/C(=O)OCC(=O)N[C@H](C)c2cccc(Cl)c2)c(OC)c1. The van der Waals surface area contributed by atoms with Gasteiger partial charge in [-0.05, 0) is 42.8 Å². The molecule has 0 aliphatic heterocycles. The molecule has 0 aromatic heterocycles. The second kappa shape index (κ2) is 10.4. The molecule has 0 spiro atoms. The van der Waals surface area contributed by atoms with Gasteiger partial charge in [0, 0.05) is 22.7 Å². The van der Waals surface area contributed by atoms with E-state index in [1.165, 1.54) is 13.2 Å². The number of methoxy groups -OCH3 is 2. The van der Waals surface area contributed by atoms with Crippen LogP contribution in [0.15, 0.2) is 48.5 Å². The van der Waals surface area contributed by atoms with E-state index in [-0.39, 0.29) is 12.6 Å². The van der Waals surface area contributed by atoms with Gasteiger partial charge in [0.05, 0.1) is 20.3 Å². The molecule has 0 aliphatic carbocycles. The van der Waals surface area contributed by atoms with E-state index in [1.807, 2.05) is 13.0 Å². The van der Waals surface area contributed by atoms with E-state index in [1.54, 1.807) is 49.6 Å². The molecule has 7 heteroatoms. The van der Waals surface area contributed by atoms with Gasteiger partial charge in [-0.3, -0.25) is 4.79 Å². The standard InChI is InChI=1S/C21H22ClNO5/c1-14(16-5-4-6-17(22)11-16)23-20(24)13-28-21(25)10-8-15-7-9-18(26-2)12-19(15)27-3/h4-12,14H,13H2,1-3H3,(H,23,24)/b10-8+/t14-/m1/s1. The molecule has 1 amide bonds. The van der Waals surface area contributed by atoms with Gasteiger partial charge in [0.25, 0.3) is 5.91 Å². The quantitative estimate of drug-likeness (QED) is 0.536. The number of hydrogen-bond acceptors (Lipinski definition) is 5. The van der Waals surface area contributed by atoms with Crippen molar-refractivity contribution in [3.8, 4) is 11.5 Å². The average molecular weight is 404 g/mol. The molecule has 0 fully saturated rings. The Labute approximate surface area is 169 Å². The minimum absolute atomic E-state index is 0.260. The molecular formula is C21H22ClNO5. The Balaban J connectivity index is 1.86. The zero-order chi connectivity index (χ0) is 20.5. The number of amides is 1. The maximum atomic E-state index is 12.0. The summed E-state index contributed by atoms with van der Waals surface area (Å²) in [6.45, 7) is 1.44. The second-order valence-corrected chi connectivity index (χ2v) is 6.33. The second-order valence-electron chi connectivity index (χ2n) is 5.89. The third-order valence-corrected chi connectivity index (χ3v) is 4.15. The Bertz CT molecular complexity index is 866. The van der Waals surface area contributed by atoms with Gasteiger partial charge in [-0.1, -0.05) is 23.7 Å². The summed E-state index contributed by atoms with van der Waals surface area (Å²) in [7, 11) is 3.08. The lowest BCUT2D eigenvalue weighted by molar-refractivity contribution is -0.144. The first-order valence-electron chi connectivity index (χ1n) is 8.54. The zero-order valence-corrected chi connectivity index (χ0v) is 16.7. The third kappa shape index (κ3) is 6.32. The Morgan fingerprint density at radius 1 is 1.14 bits per heavy atom. The molecule has 2 rings (SSSR count). The molecule has 0 radical (unpaired) electrons. The van der Waals surface area contributed by atoms with Gasteiger partial charge in [0.1, 0.15) is 11.5 Å². The predicted molar refractivity (Wildman–Crippen MR) is 108 cm³/mol. The first-order chi connectivity index (χ1) is 13.4. The van der Waals surface area contributed by atoms with Crippen LogP contribution in [-0.2, 0) is 14.3 Å². The normalized spacial score (nSPS) is 11.7. The highest BCUT2D eigenvalue weighted by Gasteiger charge is 2.11. The van der Waals surface area contributed by atoms with Crippen molar-refractivity contribution in [1.82, 2.24) is 5.32 Å². The van der Waals surface area contributed by atoms with Crippen LogP contribution in [0.25, 0.3) is 6.08 Å². The van der Waals surface area contributed by atoms with Gasteiger partial charge in [-0.2, -0.15) is 0 Å². The molecule has 28 heavy (non-hydrogen) atoms. The van der Waals surface area contributed by atoms with E-state index in [0.29, 0.717) is 22.1 Å². The fourth-order valence-electron chi connectivity index (χ4n) is 2.44. The van der Waals surface area contributed by atoms with E-state index in [0.717, 1.165) is 5.56 Å². The van der Waals surface area contributed by atoms with Gasteiger partial charge in [-0.25, -0.2) is 4.79 Å². The largest absolute Gasteiger partial charge is 0.497 e. The molecule has 0 unspecified atom stereocenters. The lowest BCUT2D eigenvalue weighted by Crippen LogP contribution is -2.30. The Hall–Kier alpha value is -2.99. The number of esters is 1. The molecule has 2 aromatic carbocycles. The number of halogens is 1. The van der Waals surface area contributed by atoms with E-state index >= 15 is 0 Å². The molecule has 6 nitrogen and oxygen atoms in total. The van der Waals surface area contributed by atoms with Crippen molar-refractivity contribution < 1.29 is 23.8 Å². The Kier molecular flexibility index (Phi) is 7.89. The maximum Gasteiger partial charge on any atom is 0.331 e. The summed E-state index contributed by atoms with van der Waals surface area (Å²) < 4.78 is 15.4. The molecule has 1 atom stereocenters. The highest BCUT2D eigenvalue weighted by atomic mass is 35.5. The summed E-state index contributed by atoms with van der Waals surface area (Å²) in [5, 5.41) is 3.34. The highest BCUT2D eigenvalue weighted by molar-refractivity contribution is 6.30. The van der Waals surface area contributed by atoms with Crippen molar-refractivity contribution in [2.75, 3.05) is 20.8 Å². The molecule has 0 aliphatic rings. The van der Waals surface area contributed by atoms with Crippen LogP contribution in [0, 0.1) is 0 Å². The van der Waals surface area contributed by atoms with E-state index in [2.05, 4.69) is 5.32 Å². The highest BCUT2D eigenvalue weighted by Crippen LogP contribution is 2.25. The summed E-state index contributed by atoms with van der Waals surface area (Å²) in [6.07, 6.45) is 2.78. The van der Waals surface area contributed by atoms with Gasteiger partial charge in [0.2, 0.25) is 0 Å². The summed E-state index contributed by atoms with van der Waals surface area (Å²) in [4.78, 5) is 23.9. The summed E-state index contributed by atoms with van der Waals surface area (Å²) >= 11 is 5.95. The molecule has 0 bridgehead atoms. The van der Waals surface area contributed by atoms with Crippen LogP contribution in [-0.4, -0.2) is 32.7 Å². The lowest BCUT2D eigenvalue weighted by atomic mass is 10.1. The molecule has 1 N–H and O–H groups in total. The Morgan fingerprint density at radius 3 is 2.61 bits per heavy atom. The predicted octanol–water partition coefficient (Wildman–Crippen LogP) is 3.79. The Morgan fingerprint density at radius 2 is 1.93 bits per heavy atom. The number of ether oxygens (including phenoxy) is 3. The average Bonchev–Trinajstić information content (AvgIpc) is 2.70. The summed E-state index contributed by atoms with van der Waals surface area (Å²) in [5.41, 5.74) is 1.54. The van der Waals surface area contributed by atoms with Gasteiger partial charge in [0.15, 0.2) is 6.61 Å². The molecular weight excluding hydrogens is 382 g/mol. The third-order valence-electron chi connectivity index (χ3n) is 3.91. The first-order valence-corrected chi connectivity index (χ1v) is 8.92. The van der Waals surface area contributed by atoms with Crippen LogP contribution in [0.3, 0.4) is 0 Å². The van der Waals surface area contributed by atoms with E-state index in [4.69, 9.17) is 25.8 Å². The van der Waals surface area contributed by atoms with Crippen molar-refractivity contribution in [1.29, 1.82) is 0 Å². The van der Waals surface area contributed by atoms with Crippen LogP contribution < -0.4 is 14.8 Å². The smallest absolute Gasteiger partial charge is 0.331 e.